The van der Waals surface area contributed by atoms with E-state index in [4.69, 9.17) is 0 Å². The molecule has 1 aromatic carbocycles. The van der Waals surface area contributed by atoms with Crippen LogP contribution in [0.1, 0.15) is 29.8 Å². The quantitative estimate of drug-likeness (QED) is 0.714. The Morgan fingerprint density at radius 2 is 1.73 bits per heavy atom. The summed E-state index contributed by atoms with van der Waals surface area (Å²) in [5.41, 5.74) is -1.99. The molecule has 2 nitrogen and oxygen atoms in total. The minimum Gasteiger partial charge on any atom is -0.339 e. The number of benzene rings is 1. The van der Waals surface area contributed by atoms with Crippen molar-refractivity contribution >= 4 is 10.9 Å². The van der Waals surface area contributed by atoms with Gasteiger partial charge < -0.3 is 9.88 Å². The first kappa shape index (κ1) is 15.2. The van der Waals surface area contributed by atoms with Crippen molar-refractivity contribution < 1.29 is 26.3 Å². The molecule has 0 spiro atoms. The molecule has 120 valence electrons. The number of alkyl halides is 6. The van der Waals surface area contributed by atoms with E-state index in [0.717, 1.165) is 6.07 Å². The highest BCUT2D eigenvalue weighted by Crippen LogP contribution is 2.42. The first-order chi connectivity index (χ1) is 10.1. The summed E-state index contributed by atoms with van der Waals surface area (Å²) >= 11 is 0. The molecule has 2 heterocycles. The summed E-state index contributed by atoms with van der Waals surface area (Å²) in [6.45, 7) is 2.58. The monoisotopic (exact) mass is 322 g/mol. The zero-order valence-corrected chi connectivity index (χ0v) is 11.4. The summed E-state index contributed by atoms with van der Waals surface area (Å²) in [5, 5.41) is 2.84. The van der Waals surface area contributed by atoms with E-state index in [1.54, 1.807) is 11.5 Å². The second kappa shape index (κ2) is 4.65. The standard InChI is InChI=1S/C14H12F6N2/c1-7-5-21-6-9-4-10-11(14(18,19)20)2-8(13(15,16)17)3-12(10)22(7)9/h2-4,7,21H,5-6H2,1H3. The third kappa shape index (κ3) is 2.35. The third-order valence-corrected chi connectivity index (χ3v) is 3.86. The molecule has 0 fully saturated rings. The molecule has 0 amide bonds. The molecule has 2 aromatic rings. The molecule has 1 aliphatic heterocycles. The summed E-state index contributed by atoms with van der Waals surface area (Å²) < 4.78 is 79.8. The second-order valence-electron chi connectivity index (χ2n) is 5.44. The Labute approximate surface area is 121 Å². The fraction of sp³-hybridized carbons (Fsp3) is 0.429. The molecule has 0 saturated carbocycles. The van der Waals surface area contributed by atoms with Crippen LogP contribution in [0.5, 0.6) is 0 Å². The third-order valence-electron chi connectivity index (χ3n) is 3.86. The molecular formula is C14H12F6N2. The molecule has 1 N–H and O–H groups in total. The molecule has 3 rings (SSSR count). The van der Waals surface area contributed by atoms with Gasteiger partial charge in [0.15, 0.2) is 0 Å². The van der Waals surface area contributed by atoms with Gasteiger partial charge in [-0.1, -0.05) is 0 Å². The van der Waals surface area contributed by atoms with Crippen LogP contribution in [-0.2, 0) is 18.9 Å². The van der Waals surface area contributed by atoms with Gasteiger partial charge in [-0.2, -0.15) is 26.3 Å². The highest BCUT2D eigenvalue weighted by Gasteiger charge is 2.39. The van der Waals surface area contributed by atoms with Crippen LogP contribution in [0.15, 0.2) is 18.2 Å². The Bertz CT molecular complexity index is 725. The van der Waals surface area contributed by atoms with Crippen LogP contribution < -0.4 is 5.32 Å². The summed E-state index contributed by atoms with van der Waals surface area (Å²) in [5.74, 6) is 0. The van der Waals surface area contributed by atoms with Crippen LogP contribution in [0, 0.1) is 0 Å². The van der Waals surface area contributed by atoms with Crippen LogP contribution in [0.3, 0.4) is 0 Å². The number of fused-ring (bicyclic) bond motifs is 3. The second-order valence-corrected chi connectivity index (χ2v) is 5.44. The predicted molar refractivity (Wildman–Crippen MR) is 68.4 cm³/mol. The lowest BCUT2D eigenvalue weighted by Crippen LogP contribution is -2.30. The summed E-state index contributed by atoms with van der Waals surface area (Å²) in [4.78, 5) is 0. The van der Waals surface area contributed by atoms with E-state index in [1.165, 1.54) is 6.07 Å². The molecule has 22 heavy (non-hydrogen) atoms. The van der Waals surface area contributed by atoms with Crippen LogP contribution in [-0.4, -0.2) is 11.1 Å². The highest BCUT2D eigenvalue weighted by molar-refractivity contribution is 5.86. The molecule has 0 aliphatic carbocycles. The Hall–Kier alpha value is -1.70. The van der Waals surface area contributed by atoms with Gasteiger partial charge in [0, 0.05) is 35.7 Å². The number of hydrogen-bond acceptors (Lipinski definition) is 1. The normalized spacial score (nSPS) is 19.5. The Kier molecular flexibility index (Phi) is 3.21. The first-order valence-electron chi connectivity index (χ1n) is 6.62. The van der Waals surface area contributed by atoms with Crippen molar-refractivity contribution in [2.24, 2.45) is 0 Å². The van der Waals surface area contributed by atoms with Crippen LogP contribution in [0.25, 0.3) is 10.9 Å². The Morgan fingerprint density at radius 1 is 1.05 bits per heavy atom. The molecule has 1 atom stereocenters. The lowest BCUT2D eigenvalue weighted by molar-refractivity contribution is -0.142. The maximum Gasteiger partial charge on any atom is 0.417 e. The fourth-order valence-electron chi connectivity index (χ4n) is 2.94. The topological polar surface area (TPSA) is 17.0 Å². The predicted octanol–water partition coefficient (Wildman–Crippen LogP) is 4.34. The van der Waals surface area contributed by atoms with Crippen molar-refractivity contribution in [3.05, 3.63) is 35.0 Å². The average Bonchev–Trinajstić information content (AvgIpc) is 2.74. The van der Waals surface area contributed by atoms with Crippen molar-refractivity contribution in [2.75, 3.05) is 6.54 Å². The van der Waals surface area contributed by atoms with Gasteiger partial charge in [-0.05, 0) is 25.1 Å². The Morgan fingerprint density at radius 3 is 2.32 bits per heavy atom. The van der Waals surface area contributed by atoms with Crippen LogP contribution in [0.4, 0.5) is 26.3 Å². The lowest BCUT2D eigenvalue weighted by Gasteiger charge is -2.25. The highest BCUT2D eigenvalue weighted by atomic mass is 19.4. The van der Waals surface area contributed by atoms with Crippen molar-refractivity contribution in [1.82, 2.24) is 9.88 Å². The van der Waals surface area contributed by atoms with E-state index in [-0.39, 0.29) is 23.0 Å². The van der Waals surface area contributed by atoms with Gasteiger partial charge in [0.1, 0.15) is 0 Å². The number of rotatable bonds is 0. The smallest absolute Gasteiger partial charge is 0.339 e. The van der Waals surface area contributed by atoms with Crippen molar-refractivity contribution in [2.45, 2.75) is 31.9 Å². The number of aromatic nitrogens is 1. The zero-order chi connectivity index (χ0) is 16.3. The van der Waals surface area contributed by atoms with E-state index < -0.39 is 23.5 Å². The molecule has 1 aromatic heterocycles. The first-order valence-corrected chi connectivity index (χ1v) is 6.62. The van der Waals surface area contributed by atoms with Gasteiger partial charge in [-0.3, -0.25) is 0 Å². The van der Waals surface area contributed by atoms with E-state index in [1.807, 2.05) is 0 Å². The van der Waals surface area contributed by atoms with Gasteiger partial charge >= 0.3 is 12.4 Å². The summed E-state index contributed by atoms with van der Waals surface area (Å²) in [7, 11) is 0. The fourth-order valence-corrected chi connectivity index (χ4v) is 2.94. The maximum atomic E-state index is 13.2. The van der Waals surface area contributed by atoms with E-state index >= 15 is 0 Å². The number of halogens is 6. The van der Waals surface area contributed by atoms with Gasteiger partial charge in [0.2, 0.25) is 0 Å². The molecule has 0 bridgehead atoms. The average molecular weight is 322 g/mol. The number of nitrogens with zero attached hydrogens (tertiary/aromatic N) is 1. The molecular weight excluding hydrogens is 310 g/mol. The summed E-state index contributed by atoms with van der Waals surface area (Å²) in [6, 6.07) is 2.09. The molecule has 0 saturated heterocycles. The van der Waals surface area contributed by atoms with E-state index in [2.05, 4.69) is 5.32 Å². The van der Waals surface area contributed by atoms with Gasteiger partial charge in [0.25, 0.3) is 0 Å². The SMILES string of the molecule is CC1CNCc2cc3c(C(F)(F)F)cc(C(F)(F)F)cc3n21. The lowest BCUT2D eigenvalue weighted by atomic mass is 10.0. The molecule has 1 unspecified atom stereocenters. The van der Waals surface area contributed by atoms with Crippen molar-refractivity contribution in [3.63, 3.8) is 0 Å². The maximum absolute atomic E-state index is 13.2. The minimum atomic E-state index is -4.84. The minimum absolute atomic E-state index is 0.0221. The Balaban J connectivity index is 2.38. The number of hydrogen-bond donors (Lipinski definition) is 1. The van der Waals surface area contributed by atoms with Gasteiger partial charge in [-0.25, -0.2) is 0 Å². The van der Waals surface area contributed by atoms with Gasteiger partial charge in [0.05, 0.1) is 11.1 Å². The summed E-state index contributed by atoms with van der Waals surface area (Å²) in [6.07, 6.45) is -9.66. The van der Waals surface area contributed by atoms with Gasteiger partial charge in [-0.15, -0.1) is 0 Å². The van der Waals surface area contributed by atoms with Crippen molar-refractivity contribution in [1.29, 1.82) is 0 Å². The number of nitrogens with one attached hydrogen (secondary N) is 1. The van der Waals surface area contributed by atoms with E-state index in [0.29, 0.717) is 18.8 Å². The largest absolute Gasteiger partial charge is 0.417 e. The molecule has 8 heteroatoms. The van der Waals surface area contributed by atoms with Crippen LogP contribution in [0.2, 0.25) is 0 Å². The zero-order valence-electron chi connectivity index (χ0n) is 11.4. The van der Waals surface area contributed by atoms with Crippen LogP contribution >= 0.6 is 0 Å². The molecule has 0 radical (unpaired) electrons. The molecule has 1 aliphatic rings. The van der Waals surface area contributed by atoms with E-state index in [9.17, 15) is 26.3 Å². The van der Waals surface area contributed by atoms with Crippen molar-refractivity contribution in [3.8, 4) is 0 Å².